The van der Waals surface area contributed by atoms with Crippen molar-refractivity contribution in [2.24, 2.45) is 0 Å². The number of methoxy groups -OCH3 is 1. The molecule has 1 fully saturated rings. The van der Waals surface area contributed by atoms with E-state index >= 15 is 0 Å². The van der Waals surface area contributed by atoms with E-state index in [2.05, 4.69) is 36.4 Å². The Hall–Kier alpha value is -3.75. The van der Waals surface area contributed by atoms with Crippen LogP contribution in [0, 0.1) is 6.92 Å². The van der Waals surface area contributed by atoms with E-state index < -0.39 is 0 Å². The Kier molecular flexibility index (Phi) is 6.74. The first-order valence-electron chi connectivity index (χ1n) is 12.1. The van der Waals surface area contributed by atoms with Crippen LogP contribution in [0.15, 0.2) is 42.9 Å². The molecule has 9 nitrogen and oxygen atoms in total. The summed E-state index contributed by atoms with van der Waals surface area (Å²) in [4.78, 5) is 23.5. The quantitative estimate of drug-likeness (QED) is 0.582. The maximum atomic E-state index is 12.8. The molecule has 1 saturated heterocycles. The lowest BCUT2D eigenvalue weighted by Crippen LogP contribution is -2.40. The average Bonchev–Trinajstić information content (AvgIpc) is 2.89. The number of nitrogens with zero attached hydrogens (tertiary/aromatic N) is 5. The molecular weight excluding hydrogens is 444 g/mol. The van der Waals surface area contributed by atoms with Crippen LogP contribution in [0.1, 0.15) is 46.4 Å². The summed E-state index contributed by atoms with van der Waals surface area (Å²) in [6.07, 6.45) is 9.92. The first kappa shape index (κ1) is 23.0. The second-order valence-corrected chi connectivity index (χ2v) is 9.13. The molecule has 1 aliphatic heterocycles. The molecule has 0 aromatic carbocycles. The lowest BCUT2D eigenvalue weighted by atomic mass is 9.89. The SMILES string of the molecule is COc1ccc(OC2CCN(c3nnc(C(=O)N[C@H]4CCc5ccncc5C4)cc3C)CC2)cn1. The van der Waals surface area contributed by atoms with Crippen LogP contribution in [0.2, 0.25) is 0 Å². The van der Waals surface area contributed by atoms with Gasteiger partial charge in [-0.15, -0.1) is 10.2 Å². The third-order valence-corrected chi connectivity index (χ3v) is 6.72. The van der Waals surface area contributed by atoms with E-state index in [0.717, 1.165) is 62.3 Å². The van der Waals surface area contributed by atoms with Gasteiger partial charge >= 0.3 is 0 Å². The predicted molar refractivity (Wildman–Crippen MR) is 131 cm³/mol. The molecule has 4 heterocycles. The maximum Gasteiger partial charge on any atom is 0.272 e. The number of amides is 1. The van der Waals surface area contributed by atoms with Crippen molar-refractivity contribution in [3.63, 3.8) is 0 Å². The van der Waals surface area contributed by atoms with Gasteiger partial charge in [-0.05, 0) is 61.1 Å². The standard InChI is InChI=1S/C26H30N6O3/c1-17-13-23(26(33)29-20-4-3-18-7-10-27-15-19(18)14-20)30-31-25(17)32-11-8-21(9-12-32)35-22-5-6-24(34-2)28-16-22/h5-7,10,13,15-16,20-21H,3-4,8-9,11-12,14H2,1-2H3,(H,29,33)/t20-/m0/s1. The Balaban J connectivity index is 1.15. The summed E-state index contributed by atoms with van der Waals surface area (Å²) in [5.41, 5.74) is 3.83. The highest BCUT2D eigenvalue weighted by Gasteiger charge is 2.25. The highest BCUT2D eigenvalue weighted by atomic mass is 16.5. The number of aryl methyl sites for hydroxylation is 2. The number of aromatic nitrogens is 4. The van der Waals surface area contributed by atoms with Crippen molar-refractivity contribution in [1.82, 2.24) is 25.5 Å². The van der Waals surface area contributed by atoms with E-state index in [4.69, 9.17) is 9.47 Å². The monoisotopic (exact) mass is 474 g/mol. The first-order chi connectivity index (χ1) is 17.1. The van der Waals surface area contributed by atoms with Crippen LogP contribution in [-0.4, -0.2) is 58.4 Å². The number of carbonyl (C=O) groups is 1. The number of carbonyl (C=O) groups excluding carboxylic acids is 1. The van der Waals surface area contributed by atoms with Crippen LogP contribution in [0.25, 0.3) is 0 Å². The minimum absolute atomic E-state index is 0.0842. The van der Waals surface area contributed by atoms with E-state index in [1.165, 1.54) is 11.1 Å². The number of nitrogens with one attached hydrogen (secondary N) is 1. The fourth-order valence-corrected chi connectivity index (χ4v) is 4.80. The molecule has 5 rings (SSSR count). The summed E-state index contributed by atoms with van der Waals surface area (Å²) in [6, 6.07) is 7.65. The predicted octanol–water partition coefficient (Wildman–Crippen LogP) is 2.92. The van der Waals surface area contributed by atoms with Crippen molar-refractivity contribution in [2.75, 3.05) is 25.1 Å². The van der Waals surface area contributed by atoms with Gasteiger partial charge < -0.3 is 19.7 Å². The number of hydrogen-bond acceptors (Lipinski definition) is 8. The third kappa shape index (κ3) is 5.34. The van der Waals surface area contributed by atoms with Gasteiger partial charge in [0.1, 0.15) is 11.9 Å². The Labute approximate surface area is 204 Å². The van der Waals surface area contributed by atoms with Crippen LogP contribution in [-0.2, 0) is 12.8 Å². The zero-order valence-corrected chi connectivity index (χ0v) is 20.1. The van der Waals surface area contributed by atoms with Crippen molar-refractivity contribution < 1.29 is 14.3 Å². The highest BCUT2D eigenvalue weighted by molar-refractivity contribution is 5.92. The molecule has 1 atom stereocenters. The molecular formula is C26H30N6O3. The van der Waals surface area contributed by atoms with Gasteiger partial charge in [0.25, 0.3) is 5.91 Å². The van der Waals surface area contributed by atoms with Crippen LogP contribution < -0.4 is 19.7 Å². The maximum absolute atomic E-state index is 12.8. The lowest BCUT2D eigenvalue weighted by Gasteiger charge is -2.33. The van der Waals surface area contributed by atoms with Crippen molar-refractivity contribution in [2.45, 2.75) is 51.2 Å². The van der Waals surface area contributed by atoms with E-state index in [-0.39, 0.29) is 18.1 Å². The van der Waals surface area contributed by atoms with Gasteiger partial charge in [-0.3, -0.25) is 9.78 Å². The van der Waals surface area contributed by atoms with Crippen molar-refractivity contribution >= 4 is 11.7 Å². The highest BCUT2D eigenvalue weighted by Crippen LogP contribution is 2.25. The van der Waals surface area contributed by atoms with E-state index in [1.54, 1.807) is 19.4 Å². The number of anilines is 1. The van der Waals surface area contributed by atoms with Gasteiger partial charge in [0, 0.05) is 50.4 Å². The molecule has 0 unspecified atom stereocenters. The lowest BCUT2D eigenvalue weighted by molar-refractivity contribution is 0.0927. The zero-order valence-electron chi connectivity index (χ0n) is 20.1. The fraction of sp³-hybridized carbons (Fsp3) is 0.423. The minimum atomic E-state index is -0.176. The number of hydrogen-bond donors (Lipinski definition) is 1. The number of pyridine rings is 2. The molecule has 0 radical (unpaired) electrons. The summed E-state index contributed by atoms with van der Waals surface area (Å²) < 4.78 is 11.2. The molecule has 1 amide bonds. The number of ether oxygens (including phenoxy) is 2. The molecule has 2 aliphatic rings. The molecule has 0 spiro atoms. The largest absolute Gasteiger partial charge is 0.489 e. The van der Waals surface area contributed by atoms with Gasteiger partial charge in [-0.2, -0.15) is 0 Å². The molecule has 3 aromatic heterocycles. The van der Waals surface area contributed by atoms with E-state index in [0.29, 0.717) is 11.6 Å². The molecule has 182 valence electrons. The second kappa shape index (κ2) is 10.2. The van der Waals surface area contributed by atoms with Crippen molar-refractivity contribution in [3.8, 4) is 11.6 Å². The number of rotatable bonds is 6. The van der Waals surface area contributed by atoms with Crippen LogP contribution in [0.5, 0.6) is 11.6 Å². The molecule has 35 heavy (non-hydrogen) atoms. The second-order valence-electron chi connectivity index (χ2n) is 9.13. The molecule has 9 heteroatoms. The Bertz CT molecular complexity index is 1180. The van der Waals surface area contributed by atoms with E-state index in [1.807, 2.05) is 31.5 Å². The third-order valence-electron chi connectivity index (χ3n) is 6.72. The summed E-state index contributed by atoms with van der Waals surface area (Å²) in [6.45, 7) is 3.60. The summed E-state index contributed by atoms with van der Waals surface area (Å²) in [5, 5.41) is 11.8. The molecule has 3 aromatic rings. The normalized spacial score (nSPS) is 18.0. The van der Waals surface area contributed by atoms with Crippen LogP contribution in [0.3, 0.4) is 0 Å². The summed E-state index contributed by atoms with van der Waals surface area (Å²) in [7, 11) is 1.59. The van der Waals surface area contributed by atoms with E-state index in [9.17, 15) is 4.79 Å². The van der Waals surface area contributed by atoms with Gasteiger partial charge in [0.05, 0.1) is 13.3 Å². The Morgan fingerprint density at radius 2 is 1.94 bits per heavy atom. The van der Waals surface area contributed by atoms with Gasteiger partial charge in [0.15, 0.2) is 11.5 Å². The minimum Gasteiger partial charge on any atom is -0.489 e. The zero-order chi connectivity index (χ0) is 24.2. The van der Waals surface area contributed by atoms with Gasteiger partial charge in [-0.1, -0.05) is 0 Å². The topological polar surface area (TPSA) is 102 Å². The molecule has 1 N–H and O–H groups in total. The fourth-order valence-electron chi connectivity index (χ4n) is 4.80. The van der Waals surface area contributed by atoms with Crippen LogP contribution in [0.4, 0.5) is 5.82 Å². The smallest absolute Gasteiger partial charge is 0.272 e. The van der Waals surface area contributed by atoms with Gasteiger partial charge in [0.2, 0.25) is 5.88 Å². The Morgan fingerprint density at radius 3 is 2.69 bits per heavy atom. The first-order valence-corrected chi connectivity index (χ1v) is 12.1. The number of fused-ring (bicyclic) bond motifs is 1. The van der Waals surface area contributed by atoms with Gasteiger partial charge in [-0.25, -0.2) is 4.98 Å². The molecule has 0 bridgehead atoms. The summed E-state index contributed by atoms with van der Waals surface area (Å²) >= 11 is 0. The average molecular weight is 475 g/mol. The van der Waals surface area contributed by atoms with Crippen LogP contribution >= 0.6 is 0 Å². The molecule has 0 saturated carbocycles. The summed E-state index contributed by atoms with van der Waals surface area (Å²) in [5.74, 6) is 1.96. The van der Waals surface area contributed by atoms with Crippen molar-refractivity contribution in [1.29, 1.82) is 0 Å². The Morgan fingerprint density at radius 1 is 1.09 bits per heavy atom. The molecule has 1 aliphatic carbocycles. The number of piperidine rings is 1. The van der Waals surface area contributed by atoms with Crippen molar-refractivity contribution in [3.05, 3.63) is 65.2 Å².